The van der Waals surface area contributed by atoms with Gasteiger partial charge in [0, 0.05) is 64.4 Å². The van der Waals surface area contributed by atoms with Crippen molar-refractivity contribution in [1.82, 2.24) is 61.1 Å². The molecule has 0 spiro atoms. The van der Waals surface area contributed by atoms with E-state index in [1.165, 1.54) is 64.4 Å². The second kappa shape index (κ2) is 29.2. The van der Waals surface area contributed by atoms with Crippen LogP contribution in [-0.2, 0) is 37.0 Å². The predicted molar refractivity (Wildman–Crippen MR) is 351 cm³/mol. The van der Waals surface area contributed by atoms with Crippen LogP contribution in [0.5, 0.6) is 0 Å². The molecule has 1 fully saturated rings. The maximum absolute atomic E-state index is 14.5. The number of amides is 5. The molecule has 9 heterocycles. The topological polar surface area (TPSA) is 363 Å². The van der Waals surface area contributed by atoms with Gasteiger partial charge in [-0.1, -0.05) is 51.1 Å². The number of aliphatic carboxylic acids is 1. The van der Waals surface area contributed by atoms with Gasteiger partial charge in [-0.15, -0.1) is 68.0 Å². The average molecular weight is 1390 g/mol. The van der Waals surface area contributed by atoms with Gasteiger partial charge in [-0.25, -0.2) is 49.5 Å². The summed E-state index contributed by atoms with van der Waals surface area (Å²) in [7, 11) is 2.97. The molecule has 26 nitrogen and oxygen atoms in total. The van der Waals surface area contributed by atoms with Gasteiger partial charge in [-0.3, -0.25) is 33.7 Å². The smallest absolute Gasteiger partial charge is 0.416 e. The third-order valence-electron chi connectivity index (χ3n) is 15.8. The average Bonchev–Trinajstić information content (AvgIpc) is 1.63. The minimum absolute atomic E-state index is 0.00370. The second-order valence-corrected chi connectivity index (χ2v) is 28.3. The lowest BCUT2D eigenvalue weighted by atomic mass is 9.87. The number of anilines is 1. The number of nitrogens with zero attached hydrogens (tertiary/aromatic N) is 9. The van der Waals surface area contributed by atoms with Gasteiger partial charge in [0.2, 0.25) is 11.8 Å². The van der Waals surface area contributed by atoms with Gasteiger partial charge >= 0.3 is 23.9 Å². The first-order valence-corrected chi connectivity index (χ1v) is 34.7. The minimum atomic E-state index is -1.42. The highest BCUT2D eigenvalue weighted by molar-refractivity contribution is 7.15. The van der Waals surface area contributed by atoms with Crippen LogP contribution in [0, 0.1) is 18.8 Å². The van der Waals surface area contributed by atoms with Crippen LogP contribution in [0.15, 0.2) is 74.7 Å². The normalized spacial score (nSPS) is 18.4. The summed E-state index contributed by atoms with van der Waals surface area (Å²) in [5.41, 5.74) is 3.21. The standard InChI is InChI=1S/C62H61N13O13S6/c1-28(2)36-18-42(76)48-30(4)93-58(73-48)38(19-45(77)63-5)67-51(79)40-25-89-54(69-40)35-16-17-37(56-71-44(27-92-56)75(21-33-22-87-53(65-33)61(83)84)62(85)88-34-14-12-32(13-15-34)60(81)82)66-49(35)39-24-90-57(68-39)41-26-91-59(70-41)47(29(3)31-10-8-7-9-11-31)72-46(78)20-64-52(80)50-43(23-86-6)94-55(36)74-50/h7-11,16-17,22,24-29,32,34,36,38,47H,12-15,18-21,23H2,1-6H3,(H,63,77)(H,64,80)(H,67,79)(H,72,78)(H,81,82)(H,83,84)/t29-,32?,34?,36?,38-,47-/m0/s1. The number of carbonyl (C=O) groups excluding carboxylic acids is 6. The molecule has 0 saturated heterocycles. The number of hydrogen-bond acceptors (Lipinski definition) is 25. The molecule has 9 aromatic rings. The molecule has 0 radical (unpaired) electrons. The zero-order valence-electron chi connectivity index (χ0n) is 51.2. The van der Waals surface area contributed by atoms with Gasteiger partial charge in [0.25, 0.3) is 11.8 Å². The number of nitrogens with one attached hydrogen (secondary N) is 4. The van der Waals surface area contributed by atoms with Crippen molar-refractivity contribution < 1.29 is 62.5 Å². The molecule has 4 atom stereocenters. The van der Waals surface area contributed by atoms with Crippen molar-refractivity contribution in [3.63, 3.8) is 0 Å². The number of pyridine rings is 1. The van der Waals surface area contributed by atoms with Crippen molar-refractivity contribution in [2.75, 3.05) is 25.6 Å². The largest absolute Gasteiger partial charge is 0.481 e. The summed E-state index contributed by atoms with van der Waals surface area (Å²) in [4.78, 5) is 149. The number of Topliss-reactive ketones (excluding diaryl/α,β-unsaturated/α-hetero) is 1. The molecule has 1 aromatic carbocycles. The Kier molecular flexibility index (Phi) is 20.6. The van der Waals surface area contributed by atoms with Crippen LogP contribution < -0.4 is 26.2 Å². The van der Waals surface area contributed by atoms with Crippen molar-refractivity contribution in [1.29, 1.82) is 0 Å². The lowest BCUT2D eigenvalue weighted by Crippen LogP contribution is -2.40. The number of aryl methyl sites for hydroxylation is 1. The number of rotatable bonds is 14. The summed E-state index contributed by atoms with van der Waals surface area (Å²) >= 11 is 7.31. The van der Waals surface area contributed by atoms with E-state index >= 15 is 0 Å². The summed E-state index contributed by atoms with van der Waals surface area (Å²) < 4.78 is 16.6. The van der Waals surface area contributed by atoms with E-state index in [2.05, 4.69) is 26.3 Å². The highest BCUT2D eigenvalue weighted by Gasteiger charge is 2.35. The fraction of sp³-hybridized carbons (Fsp3) is 0.355. The number of carbonyl (C=O) groups is 8. The Morgan fingerprint density at radius 2 is 1.45 bits per heavy atom. The fourth-order valence-electron chi connectivity index (χ4n) is 10.7. The van der Waals surface area contributed by atoms with E-state index in [9.17, 15) is 48.6 Å². The summed E-state index contributed by atoms with van der Waals surface area (Å²) in [5, 5.41) is 40.0. The third-order valence-corrected chi connectivity index (χ3v) is 21.6. The van der Waals surface area contributed by atoms with Crippen molar-refractivity contribution in [2.45, 2.75) is 109 Å². The number of carboxylic acids is 2. The SMILES string of the molecule is CNC(=O)C[C@@H]1NC(=O)c2csc(n2)-c2ccc(-c3nc(N(Cc4coc(C(=O)O)n4)C(=O)OC4CCC(C(=O)O)CC4)cs3)nc2-c2csc(n2)-c2csc(n2)[C@H]([C@@H](C)c2ccccc2)NC(=O)CNC(=O)c2nc(sc2COC)C(C(C)C)CC(=O)c2nc1sc2C. The van der Waals surface area contributed by atoms with Crippen LogP contribution in [0.3, 0.4) is 0 Å². The first-order chi connectivity index (χ1) is 45.2. The van der Waals surface area contributed by atoms with E-state index in [4.69, 9.17) is 48.8 Å². The maximum atomic E-state index is 14.5. The Morgan fingerprint density at radius 3 is 2.17 bits per heavy atom. The number of carboxylic acid groups (broad SMARTS) is 2. The number of methoxy groups -OCH3 is 1. The fourth-order valence-corrected chi connectivity index (χ4v) is 16.4. The van der Waals surface area contributed by atoms with Gasteiger partial charge in [-0.2, -0.15) is 0 Å². The highest BCUT2D eigenvalue weighted by atomic mass is 32.1. The van der Waals surface area contributed by atoms with Gasteiger partial charge in [-0.05, 0) is 56.2 Å². The number of fused-ring (bicyclic) bond motifs is 14. The van der Waals surface area contributed by atoms with Gasteiger partial charge < -0.3 is 45.4 Å². The van der Waals surface area contributed by atoms with Crippen LogP contribution >= 0.6 is 68.0 Å². The number of ketones is 1. The van der Waals surface area contributed by atoms with Crippen molar-refractivity contribution in [3.05, 3.63) is 129 Å². The summed E-state index contributed by atoms with van der Waals surface area (Å²) in [5.74, 6) is -6.77. The second-order valence-electron chi connectivity index (χ2n) is 22.5. The molecular weight excluding hydrogens is 1330 g/mol. The molecule has 1 aliphatic heterocycles. The quantitative estimate of drug-likeness (QED) is 0.0589. The zero-order valence-corrected chi connectivity index (χ0v) is 56.1. The summed E-state index contributed by atoms with van der Waals surface area (Å²) in [6.45, 7) is 6.93. The number of aromatic carboxylic acids is 1. The van der Waals surface area contributed by atoms with Crippen LogP contribution in [0.2, 0.25) is 0 Å². The highest BCUT2D eigenvalue weighted by Crippen LogP contribution is 2.42. The first-order valence-electron chi connectivity index (χ1n) is 29.6. The van der Waals surface area contributed by atoms with E-state index in [1.54, 1.807) is 35.2 Å². The Morgan fingerprint density at radius 1 is 0.734 bits per heavy atom. The molecule has 1 unspecified atom stereocenters. The number of oxazole rings is 1. The van der Waals surface area contributed by atoms with Crippen molar-refractivity contribution >= 4 is 121 Å². The lowest BCUT2D eigenvalue weighted by Gasteiger charge is -2.28. The van der Waals surface area contributed by atoms with Gasteiger partial charge in [0.05, 0.1) is 65.4 Å². The minimum Gasteiger partial charge on any atom is -0.481 e. The number of benzene rings is 1. The molecule has 8 aromatic heterocycles. The van der Waals surface area contributed by atoms with Crippen molar-refractivity contribution in [3.8, 4) is 43.4 Å². The molecule has 11 rings (SSSR count). The maximum Gasteiger partial charge on any atom is 0.416 e. The van der Waals surface area contributed by atoms with Crippen LogP contribution in [-0.4, -0.2) is 124 Å². The molecule has 32 heteroatoms. The Balaban J connectivity index is 0.980. The molecule has 488 valence electrons. The molecule has 10 bridgehead atoms. The predicted octanol–water partition coefficient (Wildman–Crippen LogP) is 10.7. The Labute approximate surface area is 560 Å². The van der Waals surface area contributed by atoms with Crippen LogP contribution in [0.1, 0.15) is 161 Å². The molecule has 94 heavy (non-hydrogen) atoms. The molecule has 6 N–H and O–H groups in total. The summed E-state index contributed by atoms with van der Waals surface area (Å²) in [6.07, 6.45) is 0.657. The molecule has 2 aliphatic rings. The van der Waals surface area contributed by atoms with Crippen LogP contribution in [0.4, 0.5) is 10.6 Å². The summed E-state index contributed by atoms with van der Waals surface area (Å²) in [6, 6.07) is 11.4. The zero-order chi connectivity index (χ0) is 66.5. The van der Waals surface area contributed by atoms with E-state index in [1.807, 2.05) is 56.5 Å². The number of ether oxygens (including phenoxy) is 2. The molecule has 1 aliphatic carbocycles. The Hall–Kier alpha value is -8.92. The molecular formula is C62H61N13O13S6. The molecule has 1 saturated carbocycles. The Bertz CT molecular complexity index is 4310. The van der Waals surface area contributed by atoms with Crippen molar-refractivity contribution in [2.24, 2.45) is 11.8 Å². The monoisotopic (exact) mass is 1390 g/mol. The first kappa shape index (κ1) is 66.5. The van der Waals surface area contributed by atoms with Gasteiger partial charge in [0.15, 0.2) is 5.78 Å². The molecule has 5 amide bonds. The van der Waals surface area contributed by atoms with E-state index in [0.29, 0.717) is 93.8 Å². The van der Waals surface area contributed by atoms with E-state index < -0.39 is 84.1 Å². The number of thiazole rings is 6. The third kappa shape index (κ3) is 15.0. The van der Waals surface area contributed by atoms with E-state index in [0.717, 1.165) is 34.5 Å². The number of hydrogen-bond donors (Lipinski definition) is 6. The van der Waals surface area contributed by atoms with E-state index in [-0.39, 0.29) is 72.2 Å². The van der Waals surface area contributed by atoms with Crippen LogP contribution in [0.25, 0.3) is 43.4 Å². The number of aromatic nitrogens is 8. The van der Waals surface area contributed by atoms with Gasteiger partial charge in [0.1, 0.15) is 77.4 Å². The lowest BCUT2D eigenvalue weighted by molar-refractivity contribution is -0.143.